The van der Waals surface area contributed by atoms with Gasteiger partial charge < -0.3 is 14.6 Å². The molecule has 0 bridgehead atoms. The molecule has 1 unspecified atom stereocenters. The maximum Gasteiger partial charge on any atom is 0.414 e. The summed E-state index contributed by atoms with van der Waals surface area (Å²) < 4.78 is 10.8. The molecule has 1 aromatic carbocycles. The summed E-state index contributed by atoms with van der Waals surface area (Å²) in [6.07, 6.45) is 0.158. The molecule has 1 atom stereocenters. The first-order chi connectivity index (χ1) is 10.7. The maximum atomic E-state index is 12.5. The van der Waals surface area contributed by atoms with Crippen molar-refractivity contribution in [2.45, 2.75) is 45.1 Å². The molecule has 126 valence electrons. The highest BCUT2D eigenvalue weighted by atomic mass is 16.6. The zero-order chi connectivity index (χ0) is 17.2. The molecular formula is C17H23NO5. The van der Waals surface area contributed by atoms with Crippen molar-refractivity contribution in [3.8, 4) is 5.75 Å². The molecule has 0 radical (unpaired) electrons. The van der Waals surface area contributed by atoms with Crippen LogP contribution in [0.3, 0.4) is 0 Å². The third-order valence-electron chi connectivity index (χ3n) is 3.70. The fourth-order valence-corrected chi connectivity index (χ4v) is 2.80. The van der Waals surface area contributed by atoms with E-state index in [0.29, 0.717) is 24.4 Å². The van der Waals surface area contributed by atoms with Crippen molar-refractivity contribution in [1.82, 2.24) is 0 Å². The summed E-state index contributed by atoms with van der Waals surface area (Å²) in [5.74, 6) is -0.450. The maximum absolute atomic E-state index is 12.5. The predicted molar refractivity (Wildman–Crippen MR) is 86.2 cm³/mol. The number of para-hydroxylation sites is 1. The zero-order valence-electron chi connectivity index (χ0n) is 14.0. The van der Waals surface area contributed by atoms with Crippen molar-refractivity contribution in [2.24, 2.45) is 0 Å². The number of carbonyl (C=O) groups is 2. The highest BCUT2D eigenvalue weighted by molar-refractivity contribution is 5.92. The Kier molecular flexibility index (Phi) is 4.82. The summed E-state index contributed by atoms with van der Waals surface area (Å²) in [7, 11) is 1.53. The minimum atomic E-state index is -0.852. The molecule has 0 saturated carbocycles. The van der Waals surface area contributed by atoms with Crippen LogP contribution in [0.5, 0.6) is 5.75 Å². The van der Waals surface area contributed by atoms with Crippen molar-refractivity contribution in [3.63, 3.8) is 0 Å². The summed E-state index contributed by atoms with van der Waals surface area (Å²) in [5.41, 5.74) is 0.822. The molecule has 0 aromatic heterocycles. The molecule has 1 aliphatic heterocycles. The Hall–Kier alpha value is -2.24. The van der Waals surface area contributed by atoms with Crippen LogP contribution < -0.4 is 9.64 Å². The highest BCUT2D eigenvalue weighted by Gasteiger charge is 2.34. The predicted octanol–water partition coefficient (Wildman–Crippen LogP) is 3.40. The van der Waals surface area contributed by atoms with E-state index in [9.17, 15) is 9.59 Å². The van der Waals surface area contributed by atoms with E-state index < -0.39 is 17.7 Å². The highest BCUT2D eigenvalue weighted by Crippen LogP contribution is 2.43. The molecule has 0 saturated heterocycles. The van der Waals surface area contributed by atoms with Gasteiger partial charge in [0.1, 0.15) is 11.4 Å². The Morgan fingerprint density at radius 2 is 2.04 bits per heavy atom. The SMILES string of the molecule is COc1cccc2c1N(C(=O)OC(C)(C)C)CCC2CC(=O)O. The average molecular weight is 321 g/mol. The number of ether oxygens (including phenoxy) is 2. The van der Waals surface area contributed by atoms with Gasteiger partial charge in [-0.15, -0.1) is 0 Å². The lowest BCUT2D eigenvalue weighted by molar-refractivity contribution is -0.137. The van der Waals surface area contributed by atoms with E-state index in [1.807, 2.05) is 32.9 Å². The van der Waals surface area contributed by atoms with E-state index in [4.69, 9.17) is 14.6 Å². The van der Waals surface area contributed by atoms with Crippen molar-refractivity contribution >= 4 is 17.7 Å². The van der Waals surface area contributed by atoms with E-state index >= 15 is 0 Å². The topological polar surface area (TPSA) is 76.1 Å². The number of methoxy groups -OCH3 is 1. The summed E-state index contributed by atoms with van der Waals surface area (Å²) >= 11 is 0. The van der Waals surface area contributed by atoms with Crippen LogP contribution in [0.25, 0.3) is 0 Å². The molecule has 1 N–H and O–H groups in total. The molecule has 0 aliphatic carbocycles. The van der Waals surface area contributed by atoms with Crippen molar-refractivity contribution in [2.75, 3.05) is 18.6 Å². The van der Waals surface area contributed by atoms with Crippen LogP contribution in [0, 0.1) is 0 Å². The lowest BCUT2D eigenvalue weighted by atomic mass is 9.87. The van der Waals surface area contributed by atoms with Gasteiger partial charge in [0.05, 0.1) is 19.2 Å². The second-order valence-corrected chi connectivity index (χ2v) is 6.61. The quantitative estimate of drug-likeness (QED) is 0.923. The first kappa shape index (κ1) is 17.1. The lowest BCUT2D eigenvalue weighted by Gasteiger charge is -2.35. The van der Waals surface area contributed by atoms with Crippen molar-refractivity contribution in [3.05, 3.63) is 23.8 Å². The number of rotatable bonds is 3. The molecule has 6 nitrogen and oxygen atoms in total. The van der Waals surface area contributed by atoms with E-state index in [1.165, 1.54) is 12.0 Å². The number of benzene rings is 1. The monoisotopic (exact) mass is 321 g/mol. The number of fused-ring (bicyclic) bond motifs is 1. The number of carboxylic acid groups (broad SMARTS) is 1. The number of carboxylic acids is 1. The molecule has 0 fully saturated rings. The van der Waals surface area contributed by atoms with Gasteiger partial charge in [0.2, 0.25) is 0 Å². The fourth-order valence-electron chi connectivity index (χ4n) is 2.80. The summed E-state index contributed by atoms with van der Waals surface area (Å²) in [6.45, 7) is 5.84. The largest absolute Gasteiger partial charge is 0.495 e. The lowest BCUT2D eigenvalue weighted by Crippen LogP contribution is -2.41. The molecule has 1 aromatic rings. The third kappa shape index (κ3) is 3.94. The number of hydrogen-bond acceptors (Lipinski definition) is 4. The van der Waals surface area contributed by atoms with Crippen LogP contribution in [0.2, 0.25) is 0 Å². The van der Waals surface area contributed by atoms with Gasteiger partial charge in [-0.1, -0.05) is 12.1 Å². The van der Waals surface area contributed by atoms with Crippen LogP contribution in [0.15, 0.2) is 18.2 Å². The van der Waals surface area contributed by atoms with E-state index in [0.717, 1.165) is 5.56 Å². The summed E-state index contributed by atoms with van der Waals surface area (Å²) in [6, 6.07) is 5.42. The summed E-state index contributed by atoms with van der Waals surface area (Å²) in [5, 5.41) is 9.11. The second-order valence-electron chi connectivity index (χ2n) is 6.61. The molecule has 1 heterocycles. The van der Waals surface area contributed by atoms with E-state index in [-0.39, 0.29) is 12.3 Å². The number of carbonyl (C=O) groups excluding carboxylic acids is 1. The number of amides is 1. The van der Waals surface area contributed by atoms with Gasteiger partial charge in [0, 0.05) is 6.54 Å². The Morgan fingerprint density at radius 3 is 2.61 bits per heavy atom. The average Bonchev–Trinajstić information content (AvgIpc) is 2.44. The Balaban J connectivity index is 2.41. The van der Waals surface area contributed by atoms with Gasteiger partial charge in [0.15, 0.2) is 0 Å². The minimum absolute atomic E-state index is 0.0301. The molecule has 23 heavy (non-hydrogen) atoms. The van der Waals surface area contributed by atoms with Crippen LogP contribution in [-0.4, -0.2) is 36.4 Å². The van der Waals surface area contributed by atoms with Crippen LogP contribution in [0.1, 0.15) is 45.1 Å². The molecule has 1 amide bonds. The Morgan fingerprint density at radius 1 is 1.35 bits per heavy atom. The van der Waals surface area contributed by atoms with Crippen LogP contribution in [0.4, 0.5) is 10.5 Å². The van der Waals surface area contributed by atoms with Crippen LogP contribution >= 0.6 is 0 Å². The van der Waals surface area contributed by atoms with Gasteiger partial charge >= 0.3 is 12.1 Å². The molecule has 0 spiro atoms. The molecule has 2 rings (SSSR count). The van der Waals surface area contributed by atoms with Gasteiger partial charge in [-0.25, -0.2) is 4.79 Å². The number of aliphatic carboxylic acids is 1. The third-order valence-corrected chi connectivity index (χ3v) is 3.70. The van der Waals surface area contributed by atoms with Gasteiger partial charge in [-0.3, -0.25) is 9.69 Å². The first-order valence-corrected chi connectivity index (χ1v) is 7.62. The smallest absolute Gasteiger partial charge is 0.414 e. The normalized spacial score (nSPS) is 17.4. The Bertz CT molecular complexity index is 605. The fraction of sp³-hybridized carbons (Fsp3) is 0.529. The first-order valence-electron chi connectivity index (χ1n) is 7.62. The number of anilines is 1. The van der Waals surface area contributed by atoms with Crippen molar-refractivity contribution in [1.29, 1.82) is 0 Å². The summed E-state index contributed by atoms with van der Waals surface area (Å²) in [4.78, 5) is 25.1. The van der Waals surface area contributed by atoms with Gasteiger partial charge in [0.25, 0.3) is 0 Å². The molecule has 6 heteroatoms. The van der Waals surface area contributed by atoms with Crippen LogP contribution in [-0.2, 0) is 9.53 Å². The molecule has 1 aliphatic rings. The second kappa shape index (κ2) is 6.48. The Labute approximate surface area is 136 Å². The van der Waals surface area contributed by atoms with Gasteiger partial charge in [-0.05, 0) is 44.7 Å². The van der Waals surface area contributed by atoms with Gasteiger partial charge in [-0.2, -0.15) is 0 Å². The van der Waals surface area contributed by atoms with E-state index in [1.54, 1.807) is 6.07 Å². The standard InChI is InChI=1S/C17H23NO5/c1-17(2,3)23-16(21)18-9-8-11(10-14(19)20)12-6-5-7-13(22-4)15(12)18/h5-7,11H,8-10H2,1-4H3,(H,19,20). The zero-order valence-corrected chi connectivity index (χ0v) is 14.0. The number of hydrogen-bond donors (Lipinski definition) is 1. The van der Waals surface area contributed by atoms with Crippen molar-refractivity contribution < 1.29 is 24.2 Å². The molecular weight excluding hydrogens is 298 g/mol. The minimum Gasteiger partial charge on any atom is -0.495 e. The number of nitrogens with zero attached hydrogens (tertiary/aromatic N) is 1. The van der Waals surface area contributed by atoms with E-state index in [2.05, 4.69) is 0 Å².